The Morgan fingerprint density at radius 3 is 2.63 bits per heavy atom. The molecule has 1 N–H and O–H groups in total. The van der Waals surface area contributed by atoms with Crippen molar-refractivity contribution in [3.63, 3.8) is 0 Å². The smallest absolute Gasteiger partial charge is 0.270 e. The number of nitrogens with zero attached hydrogens (tertiary/aromatic N) is 4. The van der Waals surface area contributed by atoms with Crippen molar-refractivity contribution >= 4 is 31.3 Å². The average molecular weight is 407 g/mol. The van der Waals surface area contributed by atoms with Gasteiger partial charge in [-0.05, 0) is 31.7 Å². The second kappa shape index (κ2) is 6.29. The highest BCUT2D eigenvalue weighted by atomic mass is 32.2. The van der Waals surface area contributed by atoms with Crippen molar-refractivity contribution < 1.29 is 16.8 Å². The summed E-state index contributed by atoms with van der Waals surface area (Å²) < 4.78 is 53.9. The molecule has 9 nitrogen and oxygen atoms in total. The summed E-state index contributed by atoms with van der Waals surface area (Å²) in [5.41, 5.74) is 2.37. The zero-order chi connectivity index (χ0) is 19.2. The summed E-state index contributed by atoms with van der Waals surface area (Å²) in [4.78, 5) is 3.89. The number of rotatable bonds is 4. The molecule has 1 fully saturated rings. The molecule has 27 heavy (non-hydrogen) atoms. The van der Waals surface area contributed by atoms with Crippen LogP contribution < -0.4 is 9.03 Å². The largest absolute Gasteiger partial charge is 0.281 e. The monoisotopic (exact) mass is 407 g/mol. The van der Waals surface area contributed by atoms with Gasteiger partial charge in [0.1, 0.15) is 0 Å². The molecular weight excluding hydrogens is 390 g/mol. The lowest BCUT2D eigenvalue weighted by atomic mass is 10.1. The molecule has 0 aliphatic carbocycles. The summed E-state index contributed by atoms with van der Waals surface area (Å²) in [6, 6.07) is 10.6. The van der Waals surface area contributed by atoms with Crippen LogP contribution in [-0.2, 0) is 20.0 Å². The van der Waals surface area contributed by atoms with Gasteiger partial charge >= 0.3 is 0 Å². The van der Waals surface area contributed by atoms with Crippen molar-refractivity contribution in [1.82, 2.24) is 19.3 Å². The molecular formula is C16H17N5O4S2. The third kappa shape index (κ3) is 2.97. The number of nitrogens with one attached hydrogen (secondary N) is 1. The van der Waals surface area contributed by atoms with Crippen molar-refractivity contribution in [1.29, 1.82) is 0 Å². The molecule has 11 heteroatoms. The van der Waals surface area contributed by atoms with E-state index in [0.29, 0.717) is 35.4 Å². The molecule has 3 heterocycles. The van der Waals surface area contributed by atoms with Gasteiger partial charge in [-0.1, -0.05) is 18.2 Å². The quantitative estimate of drug-likeness (QED) is 0.686. The van der Waals surface area contributed by atoms with Crippen molar-refractivity contribution in [2.45, 2.75) is 11.6 Å². The number of anilines is 1. The zero-order valence-corrected chi connectivity index (χ0v) is 16.0. The number of fused-ring (bicyclic) bond motifs is 1. The van der Waals surface area contributed by atoms with Gasteiger partial charge in [-0.3, -0.25) is 4.31 Å². The van der Waals surface area contributed by atoms with Gasteiger partial charge < -0.3 is 0 Å². The number of para-hydroxylation sites is 1. The Balaban J connectivity index is 1.93. The maximum atomic E-state index is 12.4. The van der Waals surface area contributed by atoms with Gasteiger partial charge in [0.05, 0.1) is 28.8 Å². The van der Waals surface area contributed by atoms with E-state index in [4.69, 9.17) is 0 Å². The number of benzene rings is 1. The van der Waals surface area contributed by atoms with E-state index in [-0.39, 0.29) is 10.9 Å². The van der Waals surface area contributed by atoms with E-state index < -0.39 is 20.0 Å². The van der Waals surface area contributed by atoms with Crippen molar-refractivity contribution in [3.05, 3.63) is 42.6 Å². The van der Waals surface area contributed by atoms with Crippen LogP contribution in [0.15, 0.2) is 47.8 Å². The number of aromatic nitrogens is 3. The molecule has 0 amide bonds. The van der Waals surface area contributed by atoms with E-state index in [1.165, 1.54) is 22.1 Å². The topological polar surface area (TPSA) is 114 Å². The van der Waals surface area contributed by atoms with Gasteiger partial charge in [-0.2, -0.15) is 0 Å². The third-order valence-electron chi connectivity index (χ3n) is 4.43. The fourth-order valence-corrected chi connectivity index (χ4v) is 5.27. The Kier molecular flexibility index (Phi) is 4.17. The highest BCUT2D eigenvalue weighted by molar-refractivity contribution is 7.93. The lowest BCUT2D eigenvalue weighted by Gasteiger charge is -2.20. The Labute approximate surface area is 156 Å². The highest BCUT2D eigenvalue weighted by Crippen LogP contribution is 2.35. The van der Waals surface area contributed by atoms with E-state index >= 15 is 0 Å². The molecule has 0 bridgehead atoms. The van der Waals surface area contributed by atoms with Crippen LogP contribution in [0.5, 0.6) is 0 Å². The molecule has 0 atom stereocenters. The number of hydrogen-bond acceptors (Lipinski definition) is 6. The maximum Gasteiger partial charge on any atom is 0.281 e. The van der Waals surface area contributed by atoms with Crippen molar-refractivity contribution in [2.24, 2.45) is 0 Å². The van der Waals surface area contributed by atoms with Crippen molar-refractivity contribution in [3.8, 4) is 11.3 Å². The van der Waals surface area contributed by atoms with Gasteiger partial charge in [0, 0.05) is 12.1 Å². The SMILES string of the molecule is CNS(=O)(=O)c1ncc2ccc(-c3ccccc3N3CCCS3(=O)=O)n2n1. The fourth-order valence-electron chi connectivity index (χ4n) is 3.12. The number of hydrogen-bond donors (Lipinski definition) is 1. The Morgan fingerprint density at radius 2 is 1.93 bits per heavy atom. The molecule has 3 aromatic rings. The van der Waals surface area contributed by atoms with Crippen LogP contribution in [0.4, 0.5) is 5.69 Å². The first-order valence-electron chi connectivity index (χ1n) is 8.22. The lowest BCUT2D eigenvalue weighted by molar-refractivity contribution is 0.573. The summed E-state index contributed by atoms with van der Waals surface area (Å²) in [7, 11) is -5.88. The van der Waals surface area contributed by atoms with E-state index in [0.717, 1.165) is 0 Å². The van der Waals surface area contributed by atoms with Crippen LogP contribution in [0.25, 0.3) is 16.8 Å². The number of sulfonamides is 2. The minimum Gasteiger partial charge on any atom is -0.270 e. The van der Waals surface area contributed by atoms with Crippen LogP contribution >= 0.6 is 0 Å². The standard InChI is InChI=1S/C16H17N5O4S2/c1-17-27(24,25)16-18-11-12-7-8-15(21(12)19-16)13-5-2-3-6-14(13)20-9-4-10-26(20,22)23/h2-3,5-8,11,17H,4,9-10H2,1H3. The zero-order valence-electron chi connectivity index (χ0n) is 14.4. The van der Waals surface area contributed by atoms with Crippen molar-refractivity contribution in [2.75, 3.05) is 23.7 Å². The molecule has 1 aliphatic heterocycles. The molecule has 142 valence electrons. The third-order valence-corrected chi connectivity index (χ3v) is 7.50. The maximum absolute atomic E-state index is 12.4. The van der Waals surface area contributed by atoms with Crippen LogP contribution in [-0.4, -0.2) is 50.8 Å². The molecule has 0 unspecified atom stereocenters. The molecule has 0 saturated carbocycles. The van der Waals surface area contributed by atoms with E-state index in [9.17, 15) is 16.8 Å². The van der Waals surface area contributed by atoms with Gasteiger partial charge in [0.2, 0.25) is 10.0 Å². The Bertz CT molecular complexity index is 1230. The predicted molar refractivity (Wildman–Crippen MR) is 100 cm³/mol. The fraction of sp³-hybridized carbons (Fsp3) is 0.250. The predicted octanol–water partition coefficient (Wildman–Crippen LogP) is 0.844. The second-order valence-electron chi connectivity index (χ2n) is 6.06. The normalized spacial score (nSPS) is 16.9. The highest BCUT2D eigenvalue weighted by Gasteiger charge is 2.30. The Morgan fingerprint density at radius 1 is 1.15 bits per heavy atom. The molecule has 2 aromatic heterocycles. The molecule has 1 saturated heterocycles. The first-order valence-corrected chi connectivity index (χ1v) is 11.3. The summed E-state index contributed by atoms with van der Waals surface area (Å²) in [5.74, 6) is 0.114. The van der Waals surface area contributed by atoms with E-state index in [1.807, 2.05) is 0 Å². The van der Waals surface area contributed by atoms with Gasteiger partial charge in [0.25, 0.3) is 15.2 Å². The van der Waals surface area contributed by atoms with Gasteiger partial charge in [-0.15, -0.1) is 5.10 Å². The van der Waals surface area contributed by atoms with E-state index in [1.54, 1.807) is 36.4 Å². The van der Waals surface area contributed by atoms with Crippen LogP contribution in [0, 0.1) is 0 Å². The summed E-state index contributed by atoms with van der Waals surface area (Å²) in [6.07, 6.45) is 1.98. The molecule has 4 rings (SSSR count). The molecule has 1 aliphatic rings. The molecule has 0 spiro atoms. The summed E-state index contributed by atoms with van der Waals surface area (Å²) >= 11 is 0. The van der Waals surface area contributed by atoms with Crippen LogP contribution in [0.2, 0.25) is 0 Å². The lowest BCUT2D eigenvalue weighted by Crippen LogP contribution is -2.25. The van der Waals surface area contributed by atoms with Gasteiger partial charge in [0.15, 0.2) is 0 Å². The Hall–Kier alpha value is -2.50. The van der Waals surface area contributed by atoms with Gasteiger partial charge in [-0.25, -0.2) is 31.1 Å². The minimum atomic E-state index is -3.81. The minimum absolute atomic E-state index is 0.114. The first-order chi connectivity index (χ1) is 12.8. The van der Waals surface area contributed by atoms with Crippen LogP contribution in [0.3, 0.4) is 0 Å². The van der Waals surface area contributed by atoms with E-state index in [2.05, 4.69) is 14.8 Å². The summed E-state index contributed by atoms with van der Waals surface area (Å²) in [5, 5.41) is 3.79. The van der Waals surface area contributed by atoms with Crippen LogP contribution in [0.1, 0.15) is 6.42 Å². The molecule has 1 aromatic carbocycles. The molecule has 0 radical (unpaired) electrons. The first kappa shape index (κ1) is 17.9. The average Bonchev–Trinajstić information content (AvgIpc) is 3.23. The second-order valence-corrected chi connectivity index (χ2v) is 9.86. The summed E-state index contributed by atoms with van der Waals surface area (Å²) in [6.45, 7) is 0.414.